The summed E-state index contributed by atoms with van der Waals surface area (Å²) in [6, 6.07) is 3.37. The highest BCUT2D eigenvalue weighted by atomic mass is 32.2. The highest BCUT2D eigenvalue weighted by molar-refractivity contribution is 7.86. The van der Waals surface area contributed by atoms with Crippen molar-refractivity contribution in [2.45, 2.75) is 32.6 Å². The molecule has 2 rings (SSSR count). The second-order valence-electron chi connectivity index (χ2n) is 5.59. The van der Waals surface area contributed by atoms with E-state index in [1.54, 1.807) is 0 Å². The molecule has 22 heavy (non-hydrogen) atoms. The smallest absolute Gasteiger partial charge is 0.282 e. The van der Waals surface area contributed by atoms with Gasteiger partial charge in [0.1, 0.15) is 0 Å². The molecule has 0 radical (unpaired) electrons. The van der Waals surface area contributed by atoms with Crippen LogP contribution in [0.25, 0.3) is 0 Å². The van der Waals surface area contributed by atoms with Crippen molar-refractivity contribution in [1.82, 2.24) is 8.61 Å². The quantitative estimate of drug-likeness (QED) is 0.843. The number of hydrogen-bond donors (Lipinski definition) is 0. The number of morpholine rings is 1. The third-order valence-electron chi connectivity index (χ3n) is 3.50. The summed E-state index contributed by atoms with van der Waals surface area (Å²) in [4.78, 5) is 0. The van der Waals surface area contributed by atoms with Gasteiger partial charge in [-0.05, 0) is 31.5 Å². The first-order valence-corrected chi connectivity index (χ1v) is 8.40. The van der Waals surface area contributed by atoms with Crippen LogP contribution in [0.2, 0.25) is 0 Å². The highest BCUT2D eigenvalue weighted by Gasteiger charge is 2.33. The summed E-state index contributed by atoms with van der Waals surface area (Å²) in [5.41, 5.74) is 0.388. The third kappa shape index (κ3) is 3.81. The van der Waals surface area contributed by atoms with Gasteiger partial charge in [0.05, 0.1) is 12.2 Å². The first kappa shape index (κ1) is 17.3. The summed E-state index contributed by atoms with van der Waals surface area (Å²) in [5.74, 6) is -1.94. The van der Waals surface area contributed by atoms with Crippen LogP contribution in [0.3, 0.4) is 0 Å². The van der Waals surface area contributed by atoms with Gasteiger partial charge in [0.15, 0.2) is 11.6 Å². The largest absolute Gasteiger partial charge is 0.373 e. The number of benzene rings is 1. The van der Waals surface area contributed by atoms with Crippen LogP contribution in [0, 0.1) is 11.6 Å². The van der Waals surface area contributed by atoms with Crippen LogP contribution in [0.5, 0.6) is 0 Å². The molecule has 0 bridgehead atoms. The molecule has 0 aromatic heterocycles. The molecule has 1 aromatic carbocycles. The molecule has 5 nitrogen and oxygen atoms in total. The zero-order valence-electron chi connectivity index (χ0n) is 12.8. The minimum absolute atomic E-state index is 0.0281. The standard InChI is InChI=1S/C14H20F2N2O3S/c1-10-7-18(8-11(2)21-10)22(19,20)17(3)9-12-4-5-13(15)14(16)6-12/h4-6,10-11H,7-9H2,1-3H3/t10-,11+. The lowest BCUT2D eigenvalue weighted by Crippen LogP contribution is -2.52. The second-order valence-corrected chi connectivity index (χ2v) is 7.62. The summed E-state index contributed by atoms with van der Waals surface area (Å²) in [5, 5.41) is 0. The van der Waals surface area contributed by atoms with Crippen molar-refractivity contribution < 1.29 is 21.9 Å². The monoisotopic (exact) mass is 334 g/mol. The Balaban J connectivity index is 2.12. The van der Waals surface area contributed by atoms with Crippen molar-refractivity contribution >= 4 is 10.2 Å². The van der Waals surface area contributed by atoms with Crippen LogP contribution in [0.1, 0.15) is 19.4 Å². The maximum absolute atomic E-state index is 13.2. The van der Waals surface area contributed by atoms with E-state index in [4.69, 9.17) is 4.74 Å². The number of nitrogens with zero attached hydrogens (tertiary/aromatic N) is 2. The summed E-state index contributed by atoms with van der Waals surface area (Å²) in [6.07, 6.45) is -0.370. The molecule has 124 valence electrons. The van der Waals surface area contributed by atoms with E-state index in [1.807, 2.05) is 13.8 Å². The lowest BCUT2D eigenvalue weighted by atomic mass is 10.2. The molecule has 0 spiro atoms. The van der Waals surface area contributed by atoms with Crippen LogP contribution >= 0.6 is 0 Å². The zero-order valence-corrected chi connectivity index (χ0v) is 13.6. The number of rotatable bonds is 4. The van der Waals surface area contributed by atoms with E-state index in [0.29, 0.717) is 5.56 Å². The molecule has 0 N–H and O–H groups in total. The van der Waals surface area contributed by atoms with Gasteiger partial charge in [0, 0.05) is 26.7 Å². The molecule has 8 heteroatoms. The maximum atomic E-state index is 13.2. The Morgan fingerprint density at radius 3 is 2.36 bits per heavy atom. The van der Waals surface area contributed by atoms with Gasteiger partial charge in [-0.3, -0.25) is 0 Å². The summed E-state index contributed by atoms with van der Waals surface area (Å²) < 4.78 is 59.3. The lowest BCUT2D eigenvalue weighted by molar-refractivity contribution is -0.0453. The van der Waals surface area contributed by atoms with Gasteiger partial charge in [-0.25, -0.2) is 8.78 Å². The first-order valence-electron chi connectivity index (χ1n) is 7.01. The molecule has 2 atom stereocenters. The number of halogens is 2. The molecule has 1 aromatic rings. The predicted octanol–water partition coefficient (Wildman–Crippen LogP) is 1.75. The molecular weight excluding hydrogens is 314 g/mol. The summed E-state index contributed by atoms with van der Waals surface area (Å²) in [6.45, 7) is 4.14. The Morgan fingerprint density at radius 1 is 1.23 bits per heavy atom. The van der Waals surface area contributed by atoms with Crippen molar-refractivity contribution in [2.24, 2.45) is 0 Å². The van der Waals surface area contributed by atoms with E-state index in [0.717, 1.165) is 16.4 Å². The van der Waals surface area contributed by atoms with E-state index in [-0.39, 0.29) is 31.8 Å². The Labute approximate surface area is 129 Å². The fourth-order valence-corrected chi connectivity index (χ4v) is 4.00. The first-order chi connectivity index (χ1) is 10.2. The predicted molar refractivity (Wildman–Crippen MR) is 78.3 cm³/mol. The van der Waals surface area contributed by atoms with E-state index in [2.05, 4.69) is 0 Å². The van der Waals surface area contributed by atoms with Gasteiger partial charge in [0.25, 0.3) is 10.2 Å². The van der Waals surface area contributed by atoms with Crippen LogP contribution in [0.15, 0.2) is 18.2 Å². The molecule has 0 saturated carbocycles. The molecule has 0 unspecified atom stereocenters. The van der Waals surface area contributed by atoms with E-state index < -0.39 is 21.8 Å². The molecule has 1 aliphatic heterocycles. The van der Waals surface area contributed by atoms with Crippen molar-refractivity contribution in [2.75, 3.05) is 20.1 Å². The van der Waals surface area contributed by atoms with Crippen molar-refractivity contribution in [3.05, 3.63) is 35.4 Å². The van der Waals surface area contributed by atoms with Gasteiger partial charge >= 0.3 is 0 Å². The Kier molecular flexibility index (Phi) is 5.16. The normalized spacial score (nSPS) is 23.9. The minimum Gasteiger partial charge on any atom is -0.373 e. The Bertz CT molecular complexity index is 629. The zero-order chi connectivity index (χ0) is 16.5. The van der Waals surface area contributed by atoms with Crippen LogP contribution in [-0.4, -0.2) is 49.4 Å². The van der Waals surface area contributed by atoms with E-state index in [9.17, 15) is 17.2 Å². The van der Waals surface area contributed by atoms with Crippen molar-refractivity contribution in [3.8, 4) is 0 Å². The minimum atomic E-state index is -3.68. The average Bonchev–Trinajstić information content (AvgIpc) is 2.41. The Morgan fingerprint density at radius 2 is 1.82 bits per heavy atom. The van der Waals surface area contributed by atoms with Gasteiger partial charge in [-0.2, -0.15) is 17.0 Å². The highest BCUT2D eigenvalue weighted by Crippen LogP contribution is 2.19. The third-order valence-corrected chi connectivity index (χ3v) is 5.36. The molecule has 1 heterocycles. The van der Waals surface area contributed by atoms with Gasteiger partial charge in [-0.15, -0.1) is 0 Å². The topological polar surface area (TPSA) is 49.9 Å². The molecule has 1 aliphatic rings. The van der Waals surface area contributed by atoms with Gasteiger partial charge < -0.3 is 4.74 Å². The Hall–Kier alpha value is -1.09. The van der Waals surface area contributed by atoms with Crippen molar-refractivity contribution in [3.63, 3.8) is 0 Å². The molecule has 0 amide bonds. The molecular formula is C14H20F2N2O3S. The SMILES string of the molecule is C[C@@H]1CN(S(=O)(=O)N(C)Cc2ccc(F)c(F)c2)C[C@H](C)O1. The fourth-order valence-electron chi connectivity index (χ4n) is 2.49. The van der Waals surface area contributed by atoms with E-state index >= 15 is 0 Å². The van der Waals surface area contributed by atoms with Crippen LogP contribution in [-0.2, 0) is 21.5 Å². The van der Waals surface area contributed by atoms with Crippen molar-refractivity contribution in [1.29, 1.82) is 0 Å². The van der Waals surface area contributed by atoms with Gasteiger partial charge in [0.2, 0.25) is 0 Å². The molecule has 1 saturated heterocycles. The summed E-state index contributed by atoms with van der Waals surface area (Å²) in [7, 11) is -2.26. The molecule has 0 aliphatic carbocycles. The lowest BCUT2D eigenvalue weighted by Gasteiger charge is -2.36. The second kappa shape index (κ2) is 6.57. The van der Waals surface area contributed by atoms with Crippen LogP contribution < -0.4 is 0 Å². The van der Waals surface area contributed by atoms with Crippen LogP contribution in [0.4, 0.5) is 8.78 Å². The van der Waals surface area contributed by atoms with E-state index in [1.165, 1.54) is 17.4 Å². The number of ether oxygens (including phenoxy) is 1. The average molecular weight is 334 g/mol. The van der Waals surface area contributed by atoms with Gasteiger partial charge in [-0.1, -0.05) is 6.07 Å². The maximum Gasteiger partial charge on any atom is 0.282 e. The summed E-state index contributed by atoms with van der Waals surface area (Å²) >= 11 is 0. The fraction of sp³-hybridized carbons (Fsp3) is 0.571. The number of hydrogen-bond acceptors (Lipinski definition) is 3. The molecule has 1 fully saturated rings.